The fourth-order valence-corrected chi connectivity index (χ4v) is 4.41. The molecule has 1 atom stereocenters. The van der Waals surface area contributed by atoms with E-state index >= 15 is 0 Å². The number of halogens is 8. The summed E-state index contributed by atoms with van der Waals surface area (Å²) in [5, 5.41) is 0. The minimum absolute atomic E-state index is 0.115. The van der Waals surface area contributed by atoms with E-state index in [0.717, 1.165) is 31.7 Å². The summed E-state index contributed by atoms with van der Waals surface area (Å²) in [5.41, 5.74) is 1.22. The molecule has 272 valence electrons. The Hall–Kier alpha value is -4.69. The fourth-order valence-electron chi connectivity index (χ4n) is 4.41. The summed E-state index contributed by atoms with van der Waals surface area (Å²) in [4.78, 5) is 36.2. The number of rotatable bonds is 17. The monoisotopic (exact) mass is 718 g/mol. The van der Waals surface area contributed by atoms with Crippen LogP contribution in [0, 0.1) is 5.82 Å². The molecule has 0 heterocycles. The Bertz CT molecular complexity index is 1590. The summed E-state index contributed by atoms with van der Waals surface area (Å²) < 4.78 is 123. The van der Waals surface area contributed by atoms with Gasteiger partial charge in [-0.3, -0.25) is 0 Å². The fraction of sp³-hybridized carbons (Fsp3) is 0.400. The molecular weight excluding hydrogens is 684 g/mol. The molecule has 3 aromatic rings. The van der Waals surface area contributed by atoms with Gasteiger partial charge in [-0.25, -0.2) is 18.8 Å². The van der Waals surface area contributed by atoms with Crippen molar-refractivity contribution in [3.63, 3.8) is 0 Å². The van der Waals surface area contributed by atoms with Crippen molar-refractivity contribution >= 4 is 17.9 Å². The maximum atomic E-state index is 14.7. The van der Waals surface area contributed by atoms with Crippen LogP contribution in [0.4, 0.5) is 35.1 Å². The molecule has 0 aromatic heterocycles. The quantitative estimate of drug-likeness (QED) is 0.0595. The van der Waals surface area contributed by atoms with Gasteiger partial charge in [-0.05, 0) is 67.3 Å². The Kier molecular flexibility index (Phi) is 13.8. The average molecular weight is 719 g/mol. The Labute approximate surface area is 282 Å². The van der Waals surface area contributed by atoms with Gasteiger partial charge in [0.15, 0.2) is 0 Å². The number of carbonyl (C=O) groups is 3. The maximum absolute atomic E-state index is 14.7. The average Bonchev–Trinajstić information content (AvgIpc) is 3.06. The van der Waals surface area contributed by atoms with Gasteiger partial charge in [0.1, 0.15) is 17.3 Å². The first-order valence-corrected chi connectivity index (χ1v) is 15.5. The summed E-state index contributed by atoms with van der Waals surface area (Å²) in [6.45, 7) is 2.68. The normalized spacial score (nSPS) is 12.6. The second-order valence-corrected chi connectivity index (χ2v) is 11.2. The van der Waals surface area contributed by atoms with E-state index in [2.05, 4.69) is 11.7 Å². The molecule has 15 heteroatoms. The Balaban J connectivity index is 1.47. The number of hydrogen-bond acceptors (Lipinski definition) is 7. The van der Waals surface area contributed by atoms with Crippen LogP contribution in [0.1, 0.15) is 73.1 Å². The predicted molar refractivity (Wildman–Crippen MR) is 164 cm³/mol. The molecule has 0 amide bonds. The molecule has 3 rings (SSSR count). The molecule has 0 fully saturated rings. The van der Waals surface area contributed by atoms with Crippen LogP contribution >= 0.6 is 0 Å². The van der Waals surface area contributed by atoms with E-state index in [4.69, 9.17) is 14.2 Å². The third-order valence-electron chi connectivity index (χ3n) is 7.25. The van der Waals surface area contributed by atoms with Crippen LogP contribution in [0.5, 0.6) is 11.5 Å². The molecule has 0 saturated heterocycles. The van der Waals surface area contributed by atoms with E-state index in [9.17, 15) is 49.5 Å². The molecule has 3 aromatic carbocycles. The van der Waals surface area contributed by atoms with E-state index < -0.39 is 48.4 Å². The smallest absolute Gasteiger partial charge is 0.460 e. The third-order valence-corrected chi connectivity index (χ3v) is 7.25. The van der Waals surface area contributed by atoms with Crippen molar-refractivity contribution in [1.29, 1.82) is 0 Å². The summed E-state index contributed by atoms with van der Waals surface area (Å²) in [5.74, 6) is -18.0. The molecule has 0 bridgehead atoms. The van der Waals surface area contributed by atoms with Gasteiger partial charge in [-0.2, -0.15) is 30.7 Å². The number of unbranched alkanes of at least 4 members (excludes halogenated alkanes) is 3. The molecule has 1 unspecified atom stereocenters. The van der Waals surface area contributed by atoms with Crippen molar-refractivity contribution < 1.29 is 68.5 Å². The number of hydrogen-bond donors (Lipinski definition) is 0. The largest absolute Gasteiger partial charge is 0.493 e. The van der Waals surface area contributed by atoms with Crippen LogP contribution in [-0.2, 0) is 14.3 Å². The topological polar surface area (TPSA) is 88.1 Å². The first-order valence-electron chi connectivity index (χ1n) is 15.5. The minimum atomic E-state index is -6.65. The van der Waals surface area contributed by atoms with Gasteiger partial charge in [0.2, 0.25) is 0 Å². The standard InChI is InChI=1S/C35H34F8O7/c1-3-4-5-6-8-22(2)49-31(45)28-18-17-27(21-29(28)36)50-30(44)25-11-9-23(10-12-25)24-13-15-26(16-14-24)47-19-7-20-48-32(46)33(37,38)34(39,40)35(41,42)43/h9-18,21-22H,3-8,19-20H2,1-2H3. The highest BCUT2D eigenvalue weighted by Crippen LogP contribution is 2.47. The summed E-state index contributed by atoms with van der Waals surface area (Å²) in [6, 6.07) is 15.9. The van der Waals surface area contributed by atoms with Crippen molar-refractivity contribution in [3.05, 3.63) is 83.7 Å². The Morgan fingerprint density at radius 1 is 0.720 bits per heavy atom. The number of benzene rings is 3. The molecule has 7 nitrogen and oxygen atoms in total. The zero-order valence-electron chi connectivity index (χ0n) is 27.0. The first-order chi connectivity index (χ1) is 23.5. The third kappa shape index (κ3) is 10.4. The minimum Gasteiger partial charge on any atom is -0.493 e. The first kappa shape index (κ1) is 39.7. The van der Waals surface area contributed by atoms with Crippen LogP contribution in [0.25, 0.3) is 11.1 Å². The summed E-state index contributed by atoms with van der Waals surface area (Å²) in [7, 11) is 0. The number of esters is 3. The van der Waals surface area contributed by atoms with Gasteiger partial charge in [0.25, 0.3) is 0 Å². The van der Waals surface area contributed by atoms with E-state index in [1.54, 1.807) is 31.2 Å². The lowest BCUT2D eigenvalue weighted by atomic mass is 10.0. The number of alkyl halides is 7. The van der Waals surface area contributed by atoms with Crippen LogP contribution in [-0.4, -0.2) is 55.2 Å². The number of ether oxygens (including phenoxy) is 4. The highest BCUT2D eigenvalue weighted by Gasteiger charge is 2.77. The van der Waals surface area contributed by atoms with Crippen LogP contribution in [0.3, 0.4) is 0 Å². The van der Waals surface area contributed by atoms with E-state index in [0.29, 0.717) is 17.5 Å². The van der Waals surface area contributed by atoms with Crippen LogP contribution in [0.15, 0.2) is 66.7 Å². The number of carbonyl (C=O) groups excluding carboxylic acids is 3. The van der Waals surface area contributed by atoms with Crippen LogP contribution in [0.2, 0.25) is 0 Å². The molecular formula is C35H34F8O7. The molecule has 0 aliphatic heterocycles. The predicted octanol–water partition coefficient (Wildman–Crippen LogP) is 9.37. The van der Waals surface area contributed by atoms with Crippen molar-refractivity contribution in [2.45, 2.75) is 76.5 Å². The lowest BCUT2D eigenvalue weighted by Gasteiger charge is -2.26. The molecule has 0 N–H and O–H groups in total. The molecule has 0 saturated carbocycles. The SMILES string of the molecule is CCCCCCC(C)OC(=O)c1ccc(OC(=O)c2ccc(-c3ccc(OCCCOC(=O)C(F)(F)C(F)(F)C(F)(F)F)cc3)cc2)cc1F. The Morgan fingerprint density at radius 2 is 1.32 bits per heavy atom. The van der Waals surface area contributed by atoms with Gasteiger partial charge < -0.3 is 18.9 Å². The van der Waals surface area contributed by atoms with E-state index in [1.807, 2.05) is 0 Å². The lowest BCUT2D eigenvalue weighted by molar-refractivity contribution is -0.348. The van der Waals surface area contributed by atoms with E-state index in [1.165, 1.54) is 36.4 Å². The second kappa shape index (κ2) is 17.3. The van der Waals surface area contributed by atoms with Gasteiger partial charge in [0.05, 0.1) is 30.4 Å². The zero-order valence-corrected chi connectivity index (χ0v) is 27.0. The molecule has 50 heavy (non-hydrogen) atoms. The molecule has 0 spiro atoms. The molecule has 0 aliphatic rings. The van der Waals surface area contributed by atoms with Crippen molar-refractivity contribution in [2.75, 3.05) is 13.2 Å². The zero-order chi connectivity index (χ0) is 37.1. The van der Waals surface area contributed by atoms with Gasteiger partial charge >= 0.3 is 35.9 Å². The Morgan fingerprint density at radius 3 is 1.90 bits per heavy atom. The van der Waals surface area contributed by atoms with E-state index in [-0.39, 0.29) is 41.8 Å². The highest BCUT2D eigenvalue weighted by atomic mass is 19.4. The van der Waals surface area contributed by atoms with Crippen molar-refractivity contribution in [3.8, 4) is 22.6 Å². The van der Waals surface area contributed by atoms with Gasteiger partial charge in [0, 0.05) is 12.5 Å². The lowest BCUT2D eigenvalue weighted by Crippen LogP contribution is -2.56. The van der Waals surface area contributed by atoms with Crippen molar-refractivity contribution in [2.24, 2.45) is 0 Å². The molecule has 0 aliphatic carbocycles. The van der Waals surface area contributed by atoms with Gasteiger partial charge in [-0.1, -0.05) is 50.5 Å². The highest BCUT2D eigenvalue weighted by molar-refractivity contribution is 5.92. The van der Waals surface area contributed by atoms with Crippen molar-refractivity contribution in [1.82, 2.24) is 0 Å². The summed E-state index contributed by atoms with van der Waals surface area (Å²) in [6.07, 6.45) is -2.59. The summed E-state index contributed by atoms with van der Waals surface area (Å²) >= 11 is 0. The molecule has 0 radical (unpaired) electrons. The van der Waals surface area contributed by atoms with Crippen LogP contribution < -0.4 is 9.47 Å². The second-order valence-electron chi connectivity index (χ2n) is 11.2. The maximum Gasteiger partial charge on any atom is 0.460 e. The van der Waals surface area contributed by atoms with Gasteiger partial charge in [-0.15, -0.1) is 0 Å².